The van der Waals surface area contributed by atoms with Gasteiger partial charge >= 0.3 is 6.18 Å². The average Bonchev–Trinajstić information content (AvgIpc) is 2.96. The fourth-order valence-corrected chi connectivity index (χ4v) is 5.14. The Hall–Kier alpha value is -2.06. The van der Waals surface area contributed by atoms with Gasteiger partial charge in [0.15, 0.2) is 14.1 Å². The molecule has 3 heterocycles. The molecule has 1 fully saturated rings. The predicted octanol–water partition coefficient (Wildman–Crippen LogP) is 5.77. The molecule has 2 atom stereocenters. The van der Waals surface area contributed by atoms with Crippen LogP contribution in [-0.2, 0) is 10.6 Å². The maximum Gasteiger partial charge on any atom is 0.416 e. The predicted molar refractivity (Wildman–Crippen MR) is 116 cm³/mol. The Morgan fingerprint density at radius 2 is 1.83 bits per heavy atom. The maximum atomic E-state index is 13.1. The van der Waals surface area contributed by atoms with Crippen molar-refractivity contribution in [2.24, 2.45) is 0 Å². The number of fused-ring (bicyclic) bond motifs is 4. The number of hydrogen-bond donors (Lipinski definition) is 1. The standard InChI is InChI=1S/C22H28F3N3OSi/c1-21(2,3)30(4,5)29-19-13-28-12-17(19)27-20-18(28)10-9-16(26-20)14-7-6-8-15(11-14)22(23,24)25/h6-11,17,19H,12-13H2,1-5H3,(H,26,27)/t17-,19-/m1/s1. The van der Waals surface area contributed by atoms with Gasteiger partial charge in [-0.1, -0.05) is 32.9 Å². The summed E-state index contributed by atoms with van der Waals surface area (Å²) in [4.78, 5) is 6.92. The van der Waals surface area contributed by atoms with Crippen molar-refractivity contribution in [1.29, 1.82) is 0 Å². The van der Waals surface area contributed by atoms with Gasteiger partial charge in [0.1, 0.15) is 0 Å². The van der Waals surface area contributed by atoms with Crippen molar-refractivity contribution >= 4 is 19.8 Å². The summed E-state index contributed by atoms with van der Waals surface area (Å²) < 4.78 is 45.9. The van der Waals surface area contributed by atoms with Crippen LogP contribution in [0.3, 0.4) is 0 Å². The molecule has 1 N–H and O–H groups in total. The van der Waals surface area contributed by atoms with E-state index in [4.69, 9.17) is 4.43 Å². The lowest BCUT2D eigenvalue weighted by molar-refractivity contribution is -0.137. The average molecular weight is 436 g/mol. The Morgan fingerprint density at radius 3 is 2.50 bits per heavy atom. The SMILES string of the molecule is CC(C)(C)[Si](C)(C)O[C@@H]1CN2C[C@H]1Nc1nc(-c3cccc(C(F)(F)F)c3)ccc12. The van der Waals surface area contributed by atoms with E-state index in [1.165, 1.54) is 6.07 Å². The van der Waals surface area contributed by atoms with Crippen LogP contribution in [0.25, 0.3) is 11.3 Å². The van der Waals surface area contributed by atoms with E-state index in [2.05, 4.69) is 49.1 Å². The lowest BCUT2D eigenvalue weighted by Crippen LogP contribution is -2.48. The normalized spacial score (nSPS) is 21.4. The van der Waals surface area contributed by atoms with Gasteiger partial charge in [0.25, 0.3) is 0 Å². The molecule has 0 radical (unpaired) electrons. The summed E-state index contributed by atoms with van der Waals surface area (Å²) in [5, 5.41) is 3.62. The first-order valence-electron chi connectivity index (χ1n) is 10.2. The number of aromatic nitrogens is 1. The maximum absolute atomic E-state index is 13.1. The number of pyridine rings is 1. The van der Waals surface area contributed by atoms with Crippen LogP contribution in [-0.4, -0.2) is 38.5 Å². The Labute approximate surface area is 176 Å². The molecule has 1 aromatic heterocycles. The molecular formula is C22H28F3N3OSi. The second-order valence-electron chi connectivity index (χ2n) is 9.72. The Morgan fingerprint density at radius 1 is 1.10 bits per heavy atom. The highest BCUT2D eigenvalue weighted by Gasteiger charge is 2.45. The molecule has 4 nitrogen and oxygen atoms in total. The van der Waals surface area contributed by atoms with E-state index in [-0.39, 0.29) is 17.2 Å². The molecule has 4 rings (SSSR count). The summed E-state index contributed by atoms with van der Waals surface area (Å²) in [6.07, 6.45) is -4.31. The number of rotatable bonds is 3. The first-order valence-corrected chi connectivity index (χ1v) is 13.1. The summed E-state index contributed by atoms with van der Waals surface area (Å²) in [5.74, 6) is 0.711. The highest BCUT2D eigenvalue weighted by atomic mass is 28.4. The third kappa shape index (κ3) is 3.82. The van der Waals surface area contributed by atoms with Gasteiger partial charge in [-0.05, 0) is 42.4 Å². The Kier molecular flexibility index (Phi) is 4.93. The number of nitrogens with zero attached hydrogens (tertiary/aromatic N) is 2. The summed E-state index contributed by atoms with van der Waals surface area (Å²) in [5.41, 5.74) is 1.29. The van der Waals surface area contributed by atoms with Gasteiger partial charge in [0.2, 0.25) is 0 Å². The van der Waals surface area contributed by atoms with Gasteiger partial charge in [-0.2, -0.15) is 13.2 Å². The lowest BCUT2D eigenvalue weighted by atomic mass is 10.1. The second-order valence-corrected chi connectivity index (χ2v) is 14.5. The largest absolute Gasteiger partial charge is 0.416 e. The van der Waals surface area contributed by atoms with Crippen molar-refractivity contribution in [1.82, 2.24) is 4.98 Å². The van der Waals surface area contributed by atoms with Crippen molar-refractivity contribution in [2.75, 3.05) is 23.3 Å². The van der Waals surface area contributed by atoms with Gasteiger partial charge in [0.05, 0.1) is 29.1 Å². The topological polar surface area (TPSA) is 37.4 Å². The minimum Gasteiger partial charge on any atom is -0.410 e. The van der Waals surface area contributed by atoms with Crippen LogP contribution >= 0.6 is 0 Å². The number of halogens is 3. The monoisotopic (exact) mass is 435 g/mol. The van der Waals surface area contributed by atoms with Crippen LogP contribution in [0.15, 0.2) is 36.4 Å². The van der Waals surface area contributed by atoms with E-state index in [0.717, 1.165) is 30.9 Å². The van der Waals surface area contributed by atoms with Crippen LogP contribution in [0.4, 0.5) is 24.7 Å². The van der Waals surface area contributed by atoms with Gasteiger partial charge in [0, 0.05) is 18.7 Å². The first kappa shape index (κ1) is 21.2. The molecule has 2 aliphatic rings. The van der Waals surface area contributed by atoms with Gasteiger partial charge in [-0.25, -0.2) is 4.98 Å². The molecule has 162 valence electrons. The van der Waals surface area contributed by atoms with Gasteiger partial charge in [-0.15, -0.1) is 0 Å². The summed E-state index contributed by atoms with van der Waals surface area (Å²) >= 11 is 0. The van der Waals surface area contributed by atoms with Crippen LogP contribution in [0.2, 0.25) is 18.1 Å². The molecule has 1 saturated heterocycles. The number of benzene rings is 1. The minimum atomic E-state index is -4.37. The highest BCUT2D eigenvalue weighted by Crippen LogP contribution is 2.42. The zero-order valence-electron chi connectivity index (χ0n) is 18.0. The van der Waals surface area contributed by atoms with Crippen molar-refractivity contribution in [3.05, 3.63) is 42.0 Å². The van der Waals surface area contributed by atoms with Crippen molar-refractivity contribution in [3.8, 4) is 11.3 Å². The zero-order chi connectivity index (χ0) is 21.9. The van der Waals surface area contributed by atoms with E-state index in [1.54, 1.807) is 12.1 Å². The van der Waals surface area contributed by atoms with Crippen molar-refractivity contribution < 1.29 is 17.6 Å². The minimum absolute atomic E-state index is 0.0668. The van der Waals surface area contributed by atoms with Crippen LogP contribution < -0.4 is 10.2 Å². The van der Waals surface area contributed by atoms with E-state index in [1.807, 2.05) is 6.07 Å². The van der Waals surface area contributed by atoms with Crippen LogP contribution in [0, 0.1) is 0 Å². The molecule has 2 aromatic rings. The smallest absolute Gasteiger partial charge is 0.410 e. The Bertz CT molecular complexity index is 955. The number of nitrogens with one attached hydrogen (secondary N) is 1. The fourth-order valence-electron chi connectivity index (χ4n) is 3.79. The molecule has 0 unspecified atom stereocenters. The quantitative estimate of drug-likeness (QED) is 0.621. The number of anilines is 2. The van der Waals surface area contributed by atoms with Crippen LogP contribution in [0.5, 0.6) is 0 Å². The van der Waals surface area contributed by atoms with E-state index < -0.39 is 20.1 Å². The second kappa shape index (κ2) is 6.98. The lowest BCUT2D eigenvalue weighted by Gasteiger charge is -2.39. The van der Waals surface area contributed by atoms with Crippen molar-refractivity contribution in [3.63, 3.8) is 0 Å². The van der Waals surface area contributed by atoms with Crippen molar-refractivity contribution in [2.45, 2.75) is 57.2 Å². The van der Waals surface area contributed by atoms with Gasteiger partial charge < -0.3 is 14.6 Å². The summed E-state index contributed by atoms with van der Waals surface area (Å²) in [6, 6.07) is 9.16. The van der Waals surface area contributed by atoms with E-state index >= 15 is 0 Å². The van der Waals surface area contributed by atoms with Gasteiger partial charge in [-0.3, -0.25) is 0 Å². The molecule has 2 bridgehead atoms. The molecule has 30 heavy (non-hydrogen) atoms. The first-order chi connectivity index (χ1) is 13.8. The molecule has 0 saturated carbocycles. The molecular weight excluding hydrogens is 407 g/mol. The van der Waals surface area contributed by atoms with Crippen LogP contribution in [0.1, 0.15) is 26.3 Å². The van der Waals surface area contributed by atoms with E-state index in [0.29, 0.717) is 17.1 Å². The van der Waals surface area contributed by atoms with E-state index in [9.17, 15) is 13.2 Å². The number of hydrogen-bond acceptors (Lipinski definition) is 4. The molecule has 0 spiro atoms. The molecule has 8 heteroatoms. The molecule has 2 aliphatic heterocycles. The third-order valence-corrected chi connectivity index (χ3v) is 11.0. The molecule has 0 aliphatic carbocycles. The fraction of sp³-hybridized carbons (Fsp3) is 0.500. The molecule has 0 amide bonds. The zero-order valence-corrected chi connectivity index (χ0v) is 19.0. The Balaban J connectivity index is 1.59. The summed E-state index contributed by atoms with van der Waals surface area (Å²) in [7, 11) is -1.91. The number of alkyl halides is 3. The molecule has 1 aromatic carbocycles. The summed E-state index contributed by atoms with van der Waals surface area (Å²) in [6.45, 7) is 12.8. The third-order valence-electron chi connectivity index (χ3n) is 6.54. The highest BCUT2D eigenvalue weighted by molar-refractivity contribution is 6.74.